The van der Waals surface area contributed by atoms with E-state index in [0.717, 1.165) is 11.3 Å². The molecule has 3 aromatic rings. The van der Waals surface area contributed by atoms with Crippen LogP contribution >= 0.6 is 34.7 Å². The van der Waals surface area contributed by atoms with Crippen molar-refractivity contribution in [3.05, 3.63) is 35.4 Å². The number of thioether (sulfide) groups is 1. The molecule has 0 aliphatic heterocycles. The van der Waals surface area contributed by atoms with E-state index in [-0.39, 0.29) is 11.7 Å². The van der Waals surface area contributed by atoms with Crippen molar-refractivity contribution in [1.29, 1.82) is 0 Å². The van der Waals surface area contributed by atoms with E-state index in [4.69, 9.17) is 17.3 Å². The first-order valence-electron chi connectivity index (χ1n) is 6.83. The minimum atomic E-state index is -0.153. The second-order valence-corrected chi connectivity index (χ2v) is 7.46. The first-order valence-corrected chi connectivity index (χ1v) is 9.01. The van der Waals surface area contributed by atoms with Crippen LogP contribution in [0, 0.1) is 0 Å². The third-order valence-corrected chi connectivity index (χ3v) is 5.17. The van der Waals surface area contributed by atoms with Gasteiger partial charge < -0.3 is 11.1 Å². The van der Waals surface area contributed by atoms with Crippen LogP contribution in [0.15, 0.2) is 34.7 Å². The number of nitrogen functional groups attached to an aromatic ring is 1. The molecule has 0 unspecified atom stereocenters. The number of anilines is 2. The molecule has 24 heavy (non-hydrogen) atoms. The summed E-state index contributed by atoms with van der Waals surface area (Å²) >= 11 is 8.43. The van der Waals surface area contributed by atoms with Crippen molar-refractivity contribution in [2.45, 2.75) is 4.34 Å². The van der Waals surface area contributed by atoms with Gasteiger partial charge in [0.05, 0.1) is 11.4 Å². The molecule has 124 valence electrons. The molecule has 3 N–H and O–H groups in total. The number of nitrogens with one attached hydrogen (secondary N) is 1. The maximum absolute atomic E-state index is 12.1. The van der Waals surface area contributed by atoms with Gasteiger partial charge in [0.1, 0.15) is 5.82 Å². The van der Waals surface area contributed by atoms with Crippen LogP contribution in [0.1, 0.15) is 0 Å². The fourth-order valence-corrected chi connectivity index (χ4v) is 3.49. The Balaban J connectivity index is 1.64. The molecule has 7 nitrogen and oxygen atoms in total. The van der Waals surface area contributed by atoms with Crippen molar-refractivity contribution >= 4 is 51.6 Å². The van der Waals surface area contributed by atoms with Crippen LogP contribution in [0.2, 0.25) is 5.02 Å². The van der Waals surface area contributed by atoms with Gasteiger partial charge in [-0.3, -0.25) is 9.48 Å². The summed E-state index contributed by atoms with van der Waals surface area (Å²) in [4.78, 5) is 12.1. The number of carbonyl (C=O) groups excluding carboxylic acids is 1. The Hall–Kier alpha value is -2.10. The van der Waals surface area contributed by atoms with Gasteiger partial charge in [-0.1, -0.05) is 46.8 Å². The topological polar surface area (TPSA) is 98.7 Å². The first kappa shape index (κ1) is 16.7. The molecule has 0 saturated carbocycles. The van der Waals surface area contributed by atoms with E-state index in [1.807, 2.05) is 18.2 Å². The smallest absolute Gasteiger partial charge is 0.235 e. The van der Waals surface area contributed by atoms with Gasteiger partial charge in [0.2, 0.25) is 11.0 Å². The SMILES string of the molecule is Cn1nc(-c2ccc(Cl)cc2)cc1NC(=O)CSc1nnc(N)s1. The van der Waals surface area contributed by atoms with Crippen LogP contribution in [0.5, 0.6) is 0 Å². The molecule has 0 atom stereocenters. The molecule has 0 bridgehead atoms. The number of carbonyl (C=O) groups is 1. The standard InChI is InChI=1S/C14H13ClN6OS2/c1-21-11(6-10(20-21)8-2-4-9(15)5-3-8)17-12(22)7-23-14-19-18-13(16)24-14/h2-6H,7H2,1H3,(H2,16,18)(H,17,22). The Morgan fingerprint density at radius 2 is 2.12 bits per heavy atom. The molecule has 2 aromatic heterocycles. The zero-order valence-electron chi connectivity index (χ0n) is 12.6. The molecule has 0 spiro atoms. The largest absolute Gasteiger partial charge is 0.374 e. The first-order chi connectivity index (χ1) is 11.5. The lowest BCUT2D eigenvalue weighted by Crippen LogP contribution is -2.16. The lowest BCUT2D eigenvalue weighted by atomic mass is 10.1. The van der Waals surface area contributed by atoms with Crippen LogP contribution in [0.25, 0.3) is 11.3 Å². The number of amides is 1. The summed E-state index contributed by atoms with van der Waals surface area (Å²) in [5, 5.41) is 15.8. The Kier molecular flexibility index (Phi) is 5.03. The second kappa shape index (κ2) is 7.20. The van der Waals surface area contributed by atoms with Gasteiger partial charge in [0.15, 0.2) is 4.34 Å². The number of nitrogens with two attached hydrogens (primary N) is 1. The van der Waals surface area contributed by atoms with Gasteiger partial charge in [-0.25, -0.2) is 0 Å². The summed E-state index contributed by atoms with van der Waals surface area (Å²) in [6.45, 7) is 0. The van der Waals surface area contributed by atoms with Crippen LogP contribution in [0.3, 0.4) is 0 Å². The van der Waals surface area contributed by atoms with Crippen molar-refractivity contribution in [2.75, 3.05) is 16.8 Å². The fourth-order valence-electron chi connectivity index (χ4n) is 1.93. The van der Waals surface area contributed by atoms with Gasteiger partial charge in [-0.05, 0) is 12.1 Å². The minimum Gasteiger partial charge on any atom is -0.374 e. The second-order valence-electron chi connectivity index (χ2n) is 4.79. The van der Waals surface area contributed by atoms with Crippen molar-refractivity contribution in [3.63, 3.8) is 0 Å². The highest BCUT2D eigenvalue weighted by Gasteiger charge is 2.12. The summed E-state index contributed by atoms with van der Waals surface area (Å²) in [6, 6.07) is 9.18. The summed E-state index contributed by atoms with van der Waals surface area (Å²) in [5.41, 5.74) is 7.19. The Bertz CT molecular complexity index is 861. The lowest BCUT2D eigenvalue weighted by molar-refractivity contribution is -0.113. The van der Waals surface area contributed by atoms with Crippen LogP contribution in [-0.4, -0.2) is 31.6 Å². The van der Waals surface area contributed by atoms with Crippen LogP contribution in [-0.2, 0) is 11.8 Å². The lowest BCUT2D eigenvalue weighted by Gasteiger charge is -2.03. The van der Waals surface area contributed by atoms with Crippen LogP contribution in [0.4, 0.5) is 10.9 Å². The maximum atomic E-state index is 12.1. The molecule has 0 saturated heterocycles. The van der Waals surface area contributed by atoms with Gasteiger partial charge in [0.25, 0.3) is 0 Å². The Labute approximate surface area is 151 Å². The molecular weight excluding hydrogens is 368 g/mol. The van der Waals surface area contributed by atoms with Crippen molar-refractivity contribution in [1.82, 2.24) is 20.0 Å². The molecule has 3 rings (SSSR count). The van der Waals surface area contributed by atoms with E-state index in [0.29, 0.717) is 20.3 Å². The molecule has 0 radical (unpaired) electrons. The summed E-state index contributed by atoms with van der Waals surface area (Å²) in [7, 11) is 1.77. The summed E-state index contributed by atoms with van der Waals surface area (Å²) < 4.78 is 2.28. The zero-order valence-corrected chi connectivity index (χ0v) is 15.0. The molecule has 1 amide bonds. The van der Waals surface area contributed by atoms with E-state index < -0.39 is 0 Å². The normalized spacial score (nSPS) is 10.8. The van der Waals surface area contributed by atoms with Gasteiger partial charge >= 0.3 is 0 Å². The number of halogens is 1. The molecule has 1 aromatic carbocycles. The van der Waals surface area contributed by atoms with Crippen LogP contribution < -0.4 is 11.1 Å². The van der Waals surface area contributed by atoms with Gasteiger partial charge in [0, 0.05) is 23.7 Å². The molecule has 2 heterocycles. The summed E-state index contributed by atoms with van der Waals surface area (Å²) in [5.74, 6) is 0.678. The molecule has 0 fully saturated rings. The highest BCUT2D eigenvalue weighted by atomic mass is 35.5. The minimum absolute atomic E-state index is 0.153. The van der Waals surface area contributed by atoms with E-state index in [9.17, 15) is 4.79 Å². The molecule has 0 aliphatic carbocycles. The van der Waals surface area contributed by atoms with Gasteiger partial charge in [-0.15, -0.1) is 10.2 Å². The molecule has 10 heteroatoms. The predicted octanol–water partition coefficient (Wildman–Crippen LogP) is 2.90. The molecule has 0 aliphatic rings. The van der Waals surface area contributed by atoms with E-state index in [2.05, 4.69) is 20.6 Å². The van der Waals surface area contributed by atoms with E-state index >= 15 is 0 Å². The van der Waals surface area contributed by atoms with Gasteiger partial charge in [-0.2, -0.15) is 5.10 Å². The fraction of sp³-hybridized carbons (Fsp3) is 0.143. The van der Waals surface area contributed by atoms with Crippen molar-refractivity contribution in [3.8, 4) is 11.3 Å². The molecular formula is C14H13ClN6OS2. The number of nitrogens with zero attached hydrogens (tertiary/aromatic N) is 4. The summed E-state index contributed by atoms with van der Waals surface area (Å²) in [6.07, 6.45) is 0. The highest BCUT2D eigenvalue weighted by molar-refractivity contribution is 8.01. The van der Waals surface area contributed by atoms with Crippen molar-refractivity contribution in [2.24, 2.45) is 7.05 Å². The van der Waals surface area contributed by atoms with E-state index in [1.54, 1.807) is 23.9 Å². The maximum Gasteiger partial charge on any atom is 0.235 e. The zero-order chi connectivity index (χ0) is 17.1. The average molecular weight is 381 g/mol. The number of hydrogen-bond acceptors (Lipinski definition) is 7. The number of hydrogen-bond donors (Lipinski definition) is 2. The Morgan fingerprint density at radius 3 is 2.79 bits per heavy atom. The monoisotopic (exact) mass is 380 g/mol. The van der Waals surface area contributed by atoms with E-state index in [1.165, 1.54) is 23.1 Å². The number of benzene rings is 1. The third kappa shape index (κ3) is 4.05. The predicted molar refractivity (Wildman–Crippen MR) is 97.3 cm³/mol. The highest BCUT2D eigenvalue weighted by Crippen LogP contribution is 2.25. The average Bonchev–Trinajstić information content (AvgIpc) is 3.12. The Morgan fingerprint density at radius 1 is 1.38 bits per heavy atom. The quantitative estimate of drug-likeness (QED) is 0.660. The number of aromatic nitrogens is 4. The third-order valence-electron chi connectivity index (χ3n) is 3.04. The number of rotatable bonds is 5. The number of aryl methyl sites for hydroxylation is 1. The van der Waals surface area contributed by atoms with Crippen molar-refractivity contribution < 1.29 is 4.79 Å².